The van der Waals surface area contributed by atoms with Crippen LogP contribution >= 0.6 is 11.8 Å². The third kappa shape index (κ3) is 4.42. The van der Waals surface area contributed by atoms with E-state index in [2.05, 4.69) is 55.3 Å². The fourth-order valence-corrected chi connectivity index (χ4v) is 4.03. The zero-order valence-corrected chi connectivity index (χ0v) is 13.5. The first kappa shape index (κ1) is 15.7. The summed E-state index contributed by atoms with van der Waals surface area (Å²) in [6.07, 6.45) is 5.00. The van der Waals surface area contributed by atoms with Crippen molar-refractivity contribution in [3.8, 4) is 5.75 Å². The summed E-state index contributed by atoms with van der Waals surface area (Å²) in [7, 11) is 2.07. The van der Waals surface area contributed by atoms with Crippen LogP contribution in [0.2, 0.25) is 0 Å². The lowest BCUT2D eigenvalue weighted by molar-refractivity contribution is 0.304. The highest BCUT2D eigenvalue weighted by Gasteiger charge is 2.21. The number of rotatable bonds is 7. The van der Waals surface area contributed by atoms with Crippen LogP contribution in [0.15, 0.2) is 24.3 Å². The van der Waals surface area contributed by atoms with E-state index in [1.165, 1.54) is 36.3 Å². The van der Waals surface area contributed by atoms with Crippen molar-refractivity contribution < 1.29 is 4.74 Å². The molecule has 0 aromatic heterocycles. The molecule has 1 aliphatic rings. The highest BCUT2D eigenvalue weighted by Crippen LogP contribution is 2.34. The van der Waals surface area contributed by atoms with Gasteiger partial charge in [0.1, 0.15) is 5.75 Å². The van der Waals surface area contributed by atoms with Crippen LogP contribution < -0.4 is 10.1 Å². The van der Waals surface area contributed by atoms with E-state index in [0.717, 1.165) is 24.7 Å². The molecule has 0 spiro atoms. The summed E-state index contributed by atoms with van der Waals surface area (Å²) >= 11 is 2.10. The summed E-state index contributed by atoms with van der Waals surface area (Å²) in [6.45, 7) is 2.95. The van der Waals surface area contributed by atoms with E-state index in [9.17, 15) is 0 Å². The molecule has 0 saturated carbocycles. The van der Waals surface area contributed by atoms with Crippen molar-refractivity contribution in [2.75, 3.05) is 25.2 Å². The third-order valence-corrected chi connectivity index (χ3v) is 5.06. The van der Waals surface area contributed by atoms with Crippen LogP contribution in [0, 0.1) is 5.92 Å². The first-order valence-corrected chi connectivity index (χ1v) is 8.97. The van der Waals surface area contributed by atoms with Gasteiger partial charge in [-0.05, 0) is 56.2 Å². The third-order valence-electron chi connectivity index (χ3n) is 4.01. The summed E-state index contributed by atoms with van der Waals surface area (Å²) < 4.78 is 5.91. The number of nitrogens with one attached hydrogen (secondary N) is 1. The molecule has 1 aromatic carbocycles. The van der Waals surface area contributed by atoms with Crippen LogP contribution in [0.1, 0.15) is 44.2 Å². The van der Waals surface area contributed by atoms with Crippen LogP contribution in [-0.2, 0) is 0 Å². The number of thioether (sulfide) groups is 1. The number of benzene rings is 1. The lowest BCUT2D eigenvalue weighted by atomic mass is 9.90. The fraction of sp³-hybridized carbons (Fsp3) is 0.647. The second kappa shape index (κ2) is 8.58. The van der Waals surface area contributed by atoms with Crippen molar-refractivity contribution in [1.29, 1.82) is 0 Å². The minimum Gasteiger partial charge on any atom is -0.493 e. The van der Waals surface area contributed by atoms with Gasteiger partial charge in [-0.25, -0.2) is 0 Å². The van der Waals surface area contributed by atoms with E-state index in [1.54, 1.807) is 0 Å². The van der Waals surface area contributed by atoms with Gasteiger partial charge in [-0.15, -0.1) is 0 Å². The molecule has 2 nitrogen and oxygen atoms in total. The van der Waals surface area contributed by atoms with Crippen molar-refractivity contribution in [3.05, 3.63) is 29.8 Å². The average Bonchev–Trinajstić information content (AvgIpc) is 2.52. The smallest absolute Gasteiger partial charge is 0.124 e. The molecule has 0 amide bonds. The molecular formula is C17H27NOS. The van der Waals surface area contributed by atoms with E-state index in [1.807, 2.05) is 0 Å². The van der Waals surface area contributed by atoms with Gasteiger partial charge in [0.05, 0.1) is 6.61 Å². The predicted molar refractivity (Wildman–Crippen MR) is 88.7 cm³/mol. The Kier molecular flexibility index (Phi) is 6.74. The zero-order chi connectivity index (χ0) is 14.2. The average molecular weight is 293 g/mol. The van der Waals surface area contributed by atoms with Gasteiger partial charge in [-0.1, -0.05) is 25.1 Å². The Bertz CT molecular complexity index is 390. The molecule has 112 valence electrons. The maximum absolute atomic E-state index is 5.91. The van der Waals surface area contributed by atoms with Crippen LogP contribution in [0.5, 0.6) is 5.75 Å². The Labute approximate surface area is 127 Å². The molecule has 0 bridgehead atoms. The molecule has 1 saturated heterocycles. The maximum atomic E-state index is 5.91. The quantitative estimate of drug-likeness (QED) is 0.811. The first-order valence-electron chi connectivity index (χ1n) is 7.81. The van der Waals surface area contributed by atoms with Crippen molar-refractivity contribution in [2.45, 2.75) is 38.6 Å². The lowest BCUT2D eigenvalue weighted by Crippen LogP contribution is -2.22. The van der Waals surface area contributed by atoms with Gasteiger partial charge in [-0.2, -0.15) is 11.8 Å². The number of para-hydroxylation sites is 1. The van der Waals surface area contributed by atoms with Gasteiger partial charge in [-0.3, -0.25) is 0 Å². The Balaban J connectivity index is 2.05. The summed E-state index contributed by atoms with van der Waals surface area (Å²) in [5, 5.41) is 3.50. The summed E-state index contributed by atoms with van der Waals surface area (Å²) in [5.74, 6) is 4.57. The molecule has 2 rings (SSSR count). The number of hydrogen-bond donors (Lipinski definition) is 1. The monoisotopic (exact) mass is 293 g/mol. The van der Waals surface area contributed by atoms with Crippen LogP contribution in [0.25, 0.3) is 0 Å². The highest BCUT2D eigenvalue weighted by molar-refractivity contribution is 7.99. The largest absolute Gasteiger partial charge is 0.493 e. The second-order valence-electron chi connectivity index (χ2n) is 5.52. The normalized spacial score (nSPS) is 17.9. The minimum absolute atomic E-state index is 0.413. The summed E-state index contributed by atoms with van der Waals surface area (Å²) in [4.78, 5) is 0. The van der Waals surface area contributed by atoms with Crippen molar-refractivity contribution in [2.24, 2.45) is 5.92 Å². The number of hydrogen-bond acceptors (Lipinski definition) is 3. The molecule has 1 atom stereocenters. The van der Waals surface area contributed by atoms with Crippen molar-refractivity contribution in [1.82, 2.24) is 5.32 Å². The summed E-state index contributed by atoms with van der Waals surface area (Å²) in [6, 6.07) is 8.92. The molecule has 1 aromatic rings. The van der Waals surface area contributed by atoms with E-state index < -0.39 is 0 Å². The topological polar surface area (TPSA) is 21.3 Å². The standard InChI is InChI=1S/C17H27NOS/c1-3-10-19-17-7-5-4-6-15(17)16(18-2)13-14-8-11-20-12-9-14/h4-7,14,16,18H,3,8-13H2,1-2H3. The Hall–Kier alpha value is -0.670. The van der Waals surface area contributed by atoms with Crippen molar-refractivity contribution in [3.63, 3.8) is 0 Å². The van der Waals surface area contributed by atoms with Crippen LogP contribution in [0.4, 0.5) is 0 Å². The van der Waals surface area contributed by atoms with Gasteiger partial charge >= 0.3 is 0 Å². The van der Waals surface area contributed by atoms with Crippen LogP contribution in [0.3, 0.4) is 0 Å². The van der Waals surface area contributed by atoms with Gasteiger partial charge < -0.3 is 10.1 Å². The van der Waals surface area contributed by atoms with Gasteiger partial charge in [0.25, 0.3) is 0 Å². The van der Waals surface area contributed by atoms with Gasteiger partial charge in [0, 0.05) is 11.6 Å². The predicted octanol–water partition coefficient (Wildman–Crippen LogP) is 4.27. The van der Waals surface area contributed by atoms with Gasteiger partial charge in [0.2, 0.25) is 0 Å². The fourth-order valence-electron chi connectivity index (χ4n) is 2.83. The van der Waals surface area contributed by atoms with Gasteiger partial charge in [0.15, 0.2) is 0 Å². The second-order valence-corrected chi connectivity index (χ2v) is 6.74. The molecule has 1 heterocycles. The molecule has 1 unspecified atom stereocenters. The van der Waals surface area contributed by atoms with E-state index >= 15 is 0 Å². The van der Waals surface area contributed by atoms with E-state index in [4.69, 9.17) is 4.74 Å². The molecular weight excluding hydrogens is 266 g/mol. The number of ether oxygens (including phenoxy) is 1. The SMILES string of the molecule is CCCOc1ccccc1C(CC1CCSCC1)NC. The van der Waals surface area contributed by atoms with Crippen molar-refractivity contribution >= 4 is 11.8 Å². The summed E-state index contributed by atoms with van der Waals surface area (Å²) in [5.41, 5.74) is 1.32. The maximum Gasteiger partial charge on any atom is 0.124 e. The minimum atomic E-state index is 0.413. The molecule has 3 heteroatoms. The Morgan fingerprint density at radius 3 is 2.75 bits per heavy atom. The molecule has 1 N–H and O–H groups in total. The lowest BCUT2D eigenvalue weighted by Gasteiger charge is -2.27. The van der Waals surface area contributed by atoms with Crippen LogP contribution in [-0.4, -0.2) is 25.2 Å². The molecule has 0 aliphatic carbocycles. The highest BCUT2D eigenvalue weighted by atomic mass is 32.2. The zero-order valence-electron chi connectivity index (χ0n) is 12.7. The Morgan fingerprint density at radius 1 is 1.30 bits per heavy atom. The molecule has 1 fully saturated rings. The van der Waals surface area contributed by atoms with E-state index in [-0.39, 0.29) is 0 Å². The van der Waals surface area contributed by atoms with E-state index in [0.29, 0.717) is 6.04 Å². The first-order chi connectivity index (χ1) is 9.85. The Morgan fingerprint density at radius 2 is 2.05 bits per heavy atom. The molecule has 1 aliphatic heterocycles. The molecule has 20 heavy (non-hydrogen) atoms. The molecule has 0 radical (unpaired) electrons.